The number of carbonyl (C=O) groups excluding carboxylic acids is 1. The Labute approximate surface area is 201 Å². The van der Waals surface area contributed by atoms with E-state index in [0.717, 1.165) is 11.1 Å². The molecule has 0 bridgehead atoms. The molecule has 0 aliphatic heterocycles. The third-order valence-corrected chi connectivity index (χ3v) is 5.69. The van der Waals surface area contributed by atoms with Crippen LogP contribution in [0.2, 0.25) is 0 Å². The molecule has 4 heterocycles. The van der Waals surface area contributed by atoms with E-state index in [9.17, 15) is 4.79 Å². The summed E-state index contributed by atoms with van der Waals surface area (Å²) in [6.45, 7) is 6.05. The van der Waals surface area contributed by atoms with E-state index < -0.39 is 5.82 Å². The van der Waals surface area contributed by atoms with Gasteiger partial charge in [0.05, 0.1) is 52.8 Å². The highest BCUT2D eigenvalue weighted by atomic mass is 19.1. The Kier molecular flexibility index (Phi) is 5.43. The number of carbonyl (C=O) groups is 1. The lowest BCUT2D eigenvalue weighted by Crippen LogP contribution is -2.24. The molecule has 0 atom stereocenters. The van der Waals surface area contributed by atoms with E-state index in [2.05, 4.69) is 20.6 Å². The monoisotopic (exact) mass is 472 g/mol. The summed E-state index contributed by atoms with van der Waals surface area (Å²) in [5.74, 6) is -0.741. The summed E-state index contributed by atoms with van der Waals surface area (Å²) in [6.07, 6.45) is 10.3. The van der Waals surface area contributed by atoms with E-state index in [1.807, 2.05) is 46.3 Å². The summed E-state index contributed by atoms with van der Waals surface area (Å²) in [4.78, 5) is 17.3. The molecule has 1 N–H and O–H groups in total. The van der Waals surface area contributed by atoms with Crippen molar-refractivity contribution < 1.29 is 9.18 Å². The number of aromatic nitrogens is 7. The van der Waals surface area contributed by atoms with Gasteiger partial charge in [0.15, 0.2) is 0 Å². The highest BCUT2D eigenvalue weighted by Crippen LogP contribution is 2.28. The predicted molar refractivity (Wildman–Crippen MR) is 129 cm³/mol. The van der Waals surface area contributed by atoms with Crippen LogP contribution in [0.15, 0.2) is 61.4 Å². The van der Waals surface area contributed by atoms with Gasteiger partial charge in [-0.1, -0.05) is 12.1 Å². The highest BCUT2D eigenvalue weighted by Gasteiger charge is 2.18. The Bertz CT molecular complexity index is 1540. The smallest absolute Gasteiger partial charge is 0.254 e. The zero-order valence-corrected chi connectivity index (χ0v) is 19.9. The minimum Gasteiger partial charge on any atom is -0.348 e. The maximum atomic E-state index is 15.1. The fourth-order valence-corrected chi connectivity index (χ4v) is 3.75. The van der Waals surface area contributed by atoms with Crippen LogP contribution in [0, 0.1) is 5.82 Å². The third kappa shape index (κ3) is 4.42. The van der Waals surface area contributed by atoms with Crippen molar-refractivity contribution in [2.75, 3.05) is 0 Å². The fourth-order valence-electron chi connectivity index (χ4n) is 3.75. The first-order valence-electron chi connectivity index (χ1n) is 11.1. The topological polar surface area (TPSA) is 94.9 Å². The lowest BCUT2D eigenvalue weighted by molar-refractivity contribution is 0.0950. The molecule has 5 rings (SSSR count). The molecule has 0 radical (unpaired) electrons. The summed E-state index contributed by atoms with van der Waals surface area (Å²) >= 11 is 0. The van der Waals surface area contributed by atoms with Crippen molar-refractivity contribution in [1.29, 1.82) is 0 Å². The molecule has 9 nitrogen and oxygen atoms in total. The predicted octanol–water partition coefficient (Wildman–Crippen LogP) is 3.82. The maximum absolute atomic E-state index is 15.1. The van der Waals surface area contributed by atoms with Crippen molar-refractivity contribution in [3.8, 4) is 22.5 Å². The molecule has 0 spiro atoms. The van der Waals surface area contributed by atoms with E-state index >= 15 is 4.39 Å². The summed E-state index contributed by atoms with van der Waals surface area (Å²) in [5, 5.41) is 15.5. The summed E-state index contributed by atoms with van der Waals surface area (Å²) in [5.41, 5.74) is 4.05. The second-order valence-corrected chi connectivity index (χ2v) is 9.37. The van der Waals surface area contributed by atoms with Crippen LogP contribution in [0.25, 0.3) is 28.0 Å². The largest absolute Gasteiger partial charge is 0.348 e. The fraction of sp³-hybridized carbons (Fsp3) is 0.240. The van der Waals surface area contributed by atoms with Crippen molar-refractivity contribution >= 4 is 11.4 Å². The molecule has 0 aliphatic carbocycles. The second kappa shape index (κ2) is 8.46. The first-order valence-corrected chi connectivity index (χ1v) is 11.1. The lowest BCUT2D eigenvalue weighted by Gasteiger charge is -2.18. The van der Waals surface area contributed by atoms with Gasteiger partial charge in [-0.2, -0.15) is 15.3 Å². The van der Waals surface area contributed by atoms with E-state index in [4.69, 9.17) is 4.98 Å². The molecule has 0 aliphatic rings. The van der Waals surface area contributed by atoms with Gasteiger partial charge in [-0.3, -0.25) is 14.2 Å². The molecule has 0 saturated heterocycles. The number of hydrogen-bond acceptors (Lipinski definition) is 5. The van der Waals surface area contributed by atoms with E-state index in [-0.39, 0.29) is 18.0 Å². The normalized spacial score (nSPS) is 11.8. The van der Waals surface area contributed by atoms with Crippen LogP contribution in [0.4, 0.5) is 4.39 Å². The van der Waals surface area contributed by atoms with Crippen LogP contribution in [0.1, 0.15) is 36.7 Å². The van der Waals surface area contributed by atoms with Crippen LogP contribution in [-0.4, -0.2) is 40.1 Å². The Balaban J connectivity index is 1.39. The standard InChI is InChI=1S/C25H25FN8O/c1-25(2,3)34-14-19(12-30-34)24(35)27-10-17-6-5-16(9-20(17)26)23-22-7-8-28-33(22)15-21(31-23)18-11-29-32(4)13-18/h5-9,11-15H,10H2,1-4H3,(H,27,35). The van der Waals surface area contributed by atoms with Gasteiger partial charge in [0.2, 0.25) is 0 Å². The number of rotatable bonds is 5. The van der Waals surface area contributed by atoms with Crippen LogP contribution in [0.3, 0.4) is 0 Å². The number of hydrogen-bond donors (Lipinski definition) is 1. The van der Waals surface area contributed by atoms with Crippen LogP contribution >= 0.6 is 0 Å². The first-order chi connectivity index (χ1) is 16.7. The molecule has 0 saturated carbocycles. The molecule has 5 aromatic rings. The van der Waals surface area contributed by atoms with Crippen molar-refractivity contribution in [3.05, 3.63) is 78.4 Å². The summed E-state index contributed by atoms with van der Waals surface area (Å²) in [7, 11) is 1.83. The lowest BCUT2D eigenvalue weighted by atomic mass is 10.1. The number of halogens is 1. The molecule has 1 amide bonds. The van der Waals surface area contributed by atoms with Gasteiger partial charge in [-0.15, -0.1) is 0 Å². The maximum Gasteiger partial charge on any atom is 0.254 e. The van der Waals surface area contributed by atoms with Gasteiger partial charge in [0.25, 0.3) is 5.91 Å². The van der Waals surface area contributed by atoms with Gasteiger partial charge < -0.3 is 5.32 Å². The van der Waals surface area contributed by atoms with Gasteiger partial charge in [-0.25, -0.2) is 13.9 Å². The highest BCUT2D eigenvalue weighted by molar-refractivity contribution is 5.93. The summed E-state index contributed by atoms with van der Waals surface area (Å²) < 4.78 is 20.2. The van der Waals surface area contributed by atoms with Crippen LogP contribution < -0.4 is 5.32 Å². The number of aryl methyl sites for hydroxylation is 1. The minimum absolute atomic E-state index is 0.0525. The zero-order valence-electron chi connectivity index (χ0n) is 19.9. The Hall–Kier alpha value is -4.34. The first kappa shape index (κ1) is 22.5. The van der Waals surface area contributed by atoms with Gasteiger partial charge in [-0.05, 0) is 32.9 Å². The second-order valence-electron chi connectivity index (χ2n) is 9.37. The molecular weight excluding hydrogens is 447 g/mol. The minimum atomic E-state index is -0.431. The van der Waals surface area contributed by atoms with Crippen molar-refractivity contribution in [2.24, 2.45) is 7.05 Å². The Morgan fingerprint density at radius 3 is 2.54 bits per heavy atom. The van der Waals surface area contributed by atoms with E-state index in [1.54, 1.807) is 44.6 Å². The number of nitrogens with one attached hydrogen (secondary N) is 1. The van der Waals surface area contributed by atoms with E-state index in [0.29, 0.717) is 28.1 Å². The van der Waals surface area contributed by atoms with Crippen molar-refractivity contribution in [2.45, 2.75) is 32.9 Å². The van der Waals surface area contributed by atoms with E-state index in [1.165, 1.54) is 12.3 Å². The van der Waals surface area contributed by atoms with Gasteiger partial charge in [0, 0.05) is 42.7 Å². The van der Waals surface area contributed by atoms with Crippen LogP contribution in [0.5, 0.6) is 0 Å². The molecule has 10 heteroatoms. The van der Waals surface area contributed by atoms with Crippen molar-refractivity contribution in [3.63, 3.8) is 0 Å². The van der Waals surface area contributed by atoms with Crippen LogP contribution in [-0.2, 0) is 19.1 Å². The SMILES string of the molecule is Cn1cc(-c2cn3nccc3c(-c3ccc(CNC(=O)c4cnn(C(C)(C)C)c4)c(F)c3)n2)cn1. The Morgan fingerprint density at radius 1 is 1.03 bits per heavy atom. The summed E-state index contributed by atoms with van der Waals surface area (Å²) in [6, 6.07) is 6.72. The molecule has 178 valence electrons. The Morgan fingerprint density at radius 2 is 1.86 bits per heavy atom. The number of amides is 1. The quantitative estimate of drug-likeness (QED) is 0.420. The molecule has 35 heavy (non-hydrogen) atoms. The molecule has 0 fully saturated rings. The number of fused-ring (bicyclic) bond motifs is 1. The number of nitrogens with zero attached hydrogens (tertiary/aromatic N) is 7. The average molecular weight is 473 g/mol. The molecule has 0 unspecified atom stereocenters. The molecule has 1 aromatic carbocycles. The molecule has 4 aromatic heterocycles. The third-order valence-electron chi connectivity index (χ3n) is 5.69. The van der Waals surface area contributed by atoms with Crippen molar-refractivity contribution in [1.82, 2.24) is 39.5 Å². The van der Waals surface area contributed by atoms with Gasteiger partial charge in [0.1, 0.15) is 5.82 Å². The average Bonchev–Trinajstić information content (AvgIpc) is 3.57. The number of benzene rings is 1. The van der Waals surface area contributed by atoms with Gasteiger partial charge >= 0.3 is 0 Å². The zero-order chi connectivity index (χ0) is 24.7. The molecular formula is C25H25FN8O.